The second-order valence-electron chi connectivity index (χ2n) is 5.88. The Labute approximate surface area is 149 Å². The number of nitrogens with zero attached hydrogens (tertiary/aromatic N) is 1. The fourth-order valence-corrected chi connectivity index (χ4v) is 4.31. The Bertz CT molecular complexity index is 694. The number of carbonyl (C=O) groups is 1. The highest BCUT2D eigenvalue weighted by Gasteiger charge is 2.31. The number of aromatic nitrogens is 1. The number of benzene rings is 1. The number of carbonyl (C=O) groups excluding carboxylic acids is 1. The van der Waals surface area contributed by atoms with Gasteiger partial charge in [0.2, 0.25) is 0 Å². The van der Waals surface area contributed by atoms with Crippen molar-refractivity contribution < 1.29 is 14.6 Å². The van der Waals surface area contributed by atoms with Gasteiger partial charge < -0.3 is 15.2 Å². The van der Waals surface area contributed by atoms with Crippen LogP contribution in [0.4, 0.5) is 0 Å². The molecule has 1 aliphatic rings. The van der Waals surface area contributed by atoms with E-state index in [0.717, 1.165) is 22.9 Å². The Morgan fingerprint density at radius 3 is 2.83 bits per heavy atom. The van der Waals surface area contributed by atoms with Crippen LogP contribution < -0.4 is 10.1 Å². The summed E-state index contributed by atoms with van der Waals surface area (Å²) >= 11 is 3.31. The van der Waals surface area contributed by atoms with E-state index in [0.29, 0.717) is 30.2 Å². The highest BCUT2D eigenvalue weighted by atomic mass is 32.2. The molecular formula is C17H20N2O3S2. The smallest absolute Gasteiger partial charge is 0.251 e. The molecule has 5 nitrogen and oxygen atoms in total. The van der Waals surface area contributed by atoms with Crippen LogP contribution in [-0.2, 0) is 6.61 Å². The molecule has 1 amide bonds. The lowest BCUT2D eigenvalue weighted by atomic mass is 10.0. The van der Waals surface area contributed by atoms with Crippen molar-refractivity contribution in [1.82, 2.24) is 10.3 Å². The van der Waals surface area contributed by atoms with E-state index in [1.165, 1.54) is 0 Å². The topological polar surface area (TPSA) is 71.5 Å². The molecule has 0 aliphatic carbocycles. The SMILES string of the molecule is Cc1nc(COc2ccc(C(=O)NCC3(O)CCSC3)cc2)cs1. The number of aryl methyl sites for hydroxylation is 1. The van der Waals surface area contributed by atoms with Crippen LogP contribution in [0.25, 0.3) is 0 Å². The summed E-state index contributed by atoms with van der Waals surface area (Å²) in [6.45, 7) is 2.67. The van der Waals surface area contributed by atoms with Crippen LogP contribution in [0, 0.1) is 6.92 Å². The standard InChI is InChI=1S/C17H20N2O3S2/c1-12-19-14(9-24-12)8-22-15-4-2-13(3-5-15)16(20)18-10-17(21)6-7-23-11-17/h2-5,9,21H,6-8,10-11H2,1H3,(H,18,20). The largest absolute Gasteiger partial charge is 0.487 e. The monoisotopic (exact) mass is 364 g/mol. The van der Waals surface area contributed by atoms with Crippen LogP contribution >= 0.6 is 23.1 Å². The van der Waals surface area contributed by atoms with Gasteiger partial charge in [-0.3, -0.25) is 4.79 Å². The summed E-state index contributed by atoms with van der Waals surface area (Å²) in [6.07, 6.45) is 0.723. The predicted molar refractivity (Wildman–Crippen MR) is 96.9 cm³/mol. The lowest BCUT2D eigenvalue weighted by Gasteiger charge is -2.21. The third-order valence-corrected chi connectivity index (χ3v) is 5.89. The normalized spacial score (nSPS) is 20.1. The number of hydrogen-bond acceptors (Lipinski definition) is 6. The lowest BCUT2D eigenvalue weighted by molar-refractivity contribution is 0.0612. The third-order valence-electron chi connectivity index (χ3n) is 3.83. The van der Waals surface area contributed by atoms with Gasteiger partial charge in [0.25, 0.3) is 5.91 Å². The number of rotatable bonds is 6. The van der Waals surface area contributed by atoms with Crippen LogP contribution in [0.15, 0.2) is 29.6 Å². The van der Waals surface area contributed by atoms with Crippen molar-refractivity contribution >= 4 is 29.0 Å². The first-order chi connectivity index (χ1) is 11.5. The van der Waals surface area contributed by atoms with Gasteiger partial charge in [0.05, 0.1) is 16.3 Å². The van der Waals surface area contributed by atoms with E-state index in [9.17, 15) is 9.90 Å². The number of amides is 1. The van der Waals surface area contributed by atoms with Crippen molar-refractivity contribution in [2.75, 3.05) is 18.1 Å². The van der Waals surface area contributed by atoms with E-state index in [1.807, 2.05) is 12.3 Å². The maximum absolute atomic E-state index is 12.2. The number of thioether (sulfide) groups is 1. The summed E-state index contributed by atoms with van der Waals surface area (Å²) in [7, 11) is 0. The van der Waals surface area contributed by atoms with Gasteiger partial charge >= 0.3 is 0 Å². The van der Waals surface area contributed by atoms with Crippen molar-refractivity contribution in [3.8, 4) is 5.75 Å². The fourth-order valence-electron chi connectivity index (χ4n) is 2.42. The molecule has 0 radical (unpaired) electrons. The molecular weight excluding hydrogens is 344 g/mol. The highest BCUT2D eigenvalue weighted by molar-refractivity contribution is 7.99. The molecule has 0 spiro atoms. The van der Waals surface area contributed by atoms with Gasteiger partial charge in [-0.05, 0) is 43.4 Å². The highest BCUT2D eigenvalue weighted by Crippen LogP contribution is 2.27. The number of ether oxygens (including phenoxy) is 1. The molecule has 1 aliphatic heterocycles. The minimum atomic E-state index is -0.769. The third kappa shape index (κ3) is 4.49. The van der Waals surface area contributed by atoms with Crippen molar-refractivity contribution in [2.45, 2.75) is 25.6 Å². The van der Waals surface area contributed by atoms with Crippen LogP contribution in [0.1, 0.15) is 27.5 Å². The zero-order chi connectivity index (χ0) is 17.0. The zero-order valence-electron chi connectivity index (χ0n) is 13.4. The molecule has 2 N–H and O–H groups in total. The number of nitrogens with one attached hydrogen (secondary N) is 1. The van der Waals surface area contributed by atoms with E-state index >= 15 is 0 Å². The van der Waals surface area contributed by atoms with Crippen molar-refractivity contribution in [1.29, 1.82) is 0 Å². The van der Waals surface area contributed by atoms with Gasteiger partial charge in [0.15, 0.2) is 0 Å². The van der Waals surface area contributed by atoms with E-state index in [-0.39, 0.29) is 5.91 Å². The Hall–Kier alpha value is -1.57. The average molecular weight is 364 g/mol. The van der Waals surface area contributed by atoms with Crippen LogP contribution in [0.3, 0.4) is 0 Å². The first kappa shape index (κ1) is 17.3. The molecule has 7 heteroatoms. The van der Waals surface area contributed by atoms with Gasteiger partial charge in [0, 0.05) is 23.2 Å². The van der Waals surface area contributed by atoms with Crippen molar-refractivity contribution in [3.05, 3.63) is 45.9 Å². The maximum Gasteiger partial charge on any atom is 0.251 e. The quantitative estimate of drug-likeness (QED) is 0.824. The second kappa shape index (κ2) is 7.55. The van der Waals surface area contributed by atoms with Crippen LogP contribution in [0.5, 0.6) is 5.75 Å². The van der Waals surface area contributed by atoms with Crippen molar-refractivity contribution in [2.24, 2.45) is 0 Å². The molecule has 1 saturated heterocycles. The molecule has 128 valence electrons. The van der Waals surface area contributed by atoms with E-state index in [1.54, 1.807) is 47.4 Å². The summed E-state index contributed by atoms with van der Waals surface area (Å²) in [5.74, 6) is 2.14. The van der Waals surface area contributed by atoms with E-state index < -0.39 is 5.60 Å². The molecule has 1 aromatic heterocycles. The van der Waals surface area contributed by atoms with E-state index in [2.05, 4.69) is 10.3 Å². The number of aliphatic hydroxyl groups is 1. The summed E-state index contributed by atoms with van der Waals surface area (Å²) < 4.78 is 5.67. The van der Waals surface area contributed by atoms with Gasteiger partial charge in [-0.2, -0.15) is 11.8 Å². The number of thiazole rings is 1. The minimum absolute atomic E-state index is 0.179. The van der Waals surface area contributed by atoms with Gasteiger partial charge in [0.1, 0.15) is 12.4 Å². The first-order valence-corrected chi connectivity index (χ1v) is 9.80. The Kier molecular flexibility index (Phi) is 5.43. The first-order valence-electron chi connectivity index (χ1n) is 7.76. The molecule has 24 heavy (non-hydrogen) atoms. The molecule has 1 atom stereocenters. The minimum Gasteiger partial charge on any atom is -0.487 e. The molecule has 0 saturated carbocycles. The molecule has 2 heterocycles. The molecule has 1 unspecified atom stereocenters. The Morgan fingerprint density at radius 1 is 1.42 bits per heavy atom. The Balaban J connectivity index is 1.50. The van der Waals surface area contributed by atoms with Crippen molar-refractivity contribution in [3.63, 3.8) is 0 Å². The predicted octanol–water partition coefficient (Wildman–Crippen LogP) is 2.63. The van der Waals surface area contributed by atoms with Gasteiger partial charge in [-0.1, -0.05) is 0 Å². The molecule has 0 bridgehead atoms. The zero-order valence-corrected chi connectivity index (χ0v) is 15.1. The molecule has 1 fully saturated rings. The van der Waals surface area contributed by atoms with Crippen LogP contribution in [0.2, 0.25) is 0 Å². The molecule has 1 aromatic carbocycles. The van der Waals surface area contributed by atoms with Gasteiger partial charge in [-0.25, -0.2) is 4.98 Å². The summed E-state index contributed by atoms with van der Waals surface area (Å²) in [5.41, 5.74) is 0.692. The van der Waals surface area contributed by atoms with Crippen LogP contribution in [-0.4, -0.2) is 39.6 Å². The van der Waals surface area contributed by atoms with E-state index in [4.69, 9.17) is 4.74 Å². The fraction of sp³-hybridized carbons (Fsp3) is 0.412. The summed E-state index contributed by atoms with van der Waals surface area (Å²) in [4.78, 5) is 16.5. The maximum atomic E-state index is 12.2. The van der Waals surface area contributed by atoms with Gasteiger partial charge in [-0.15, -0.1) is 11.3 Å². The molecule has 3 rings (SSSR count). The molecule has 2 aromatic rings. The lowest BCUT2D eigenvalue weighted by Crippen LogP contribution is -2.42. The summed E-state index contributed by atoms with van der Waals surface area (Å²) in [6, 6.07) is 7.00. The second-order valence-corrected chi connectivity index (χ2v) is 8.05. The number of hydrogen-bond donors (Lipinski definition) is 2. The Morgan fingerprint density at radius 2 is 2.21 bits per heavy atom. The summed E-state index contributed by atoms with van der Waals surface area (Å²) in [5, 5.41) is 16.1. The average Bonchev–Trinajstić information content (AvgIpc) is 3.20.